The van der Waals surface area contributed by atoms with Gasteiger partial charge in [0, 0.05) is 18.6 Å². The zero-order valence-electron chi connectivity index (χ0n) is 9.82. The van der Waals surface area contributed by atoms with E-state index in [2.05, 4.69) is 17.3 Å². The van der Waals surface area contributed by atoms with E-state index in [4.69, 9.17) is 10.5 Å². The number of nitrogens with one attached hydrogen (secondary N) is 1. The molecule has 92 valence electrons. The molecule has 2 rings (SSSR count). The smallest absolute Gasteiger partial charge is 0.227 e. The Bertz CT molecular complexity index is 260. The molecule has 3 atom stereocenters. The predicted octanol–water partition coefficient (Wildman–Crippen LogP) is -0.829. The van der Waals surface area contributed by atoms with Crippen molar-refractivity contribution in [2.75, 3.05) is 33.4 Å². The minimum atomic E-state index is -0.160. The lowest BCUT2D eigenvalue weighted by Gasteiger charge is -2.21. The number of hydrogen-bond acceptors (Lipinski definition) is 4. The molecule has 16 heavy (non-hydrogen) atoms. The Morgan fingerprint density at radius 3 is 2.94 bits per heavy atom. The molecule has 3 unspecified atom stereocenters. The molecule has 2 heterocycles. The number of amides is 1. The number of nitrogens with two attached hydrogens (primary N) is 1. The fourth-order valence-corrected chi connectivity index (χ4v) is 2.43. The van der Waals surface area contributed by atoms with Crippen LogP contribution in [-0.2, 0) is 9.53 Å². The van der Waals surface area contributed by atoms with E-state index in [1.807, 2.05) is 0 Å². The molecule has 0 aromatic rings. The maximum absolute atomic E-state index is 11.8. The Kier molecular flexibility index (Phi) is 3.78. The second-order valence-electron chi connectivity index (χ2n) is 4.83. The average molecular weight is 227 g/mol. The van der Waals surface area contributed by atoms with Gasteiger partial charge < -0.3 is 20.7 Å². The first-order chi connectivity index (χ1) is 7.68. The van der Waals surface area contributed by atoms with Gasteiger partial charge in [0.25, 0.3) is 0 Å². The van der Waals surface area contributed by atoms with Crippen LogP contribution < -0.4 is 11.1 Å². The number of carbonyl (C=O) groups excluding carboxylic acids is 1. The van der Waals surface area contributed by atoms with Crippen molar-refractivity contribution in [3.8, 4) is 0 Å². The van der Waals surface area contributed by atoms with Gasteiger partial charge in [-0.05, 0) is 26.4 Å². The van der Waals surface area contributed by atoms with E-state index in [-0.39, 0.29) is 17.9 Å². The lowest BCUT2D eigenvalue weighted by atomic mass is 10.0. The number of rotatable bonds is 3. The van der Waals surface area contributed by atoms with Crippen LogP contribution in [-0.4, -0.2) is 56.2 Å². The van der Waals surface area contributed by atoms with Gasteiger partial charge in [-0.1, -0.05) is 0 Å². The van der Waals surface area contributed by atoms with Gasteiger partial charge in [0.05, 0.1) is 19.1 Å². The standard InChI is InChI=1S/C11H21N3O2/c1-14-4-2-3-8(14)5-13-11(15)9-6-16-7-10(9)12/h8-10H,2-7,12H2,1H3,(H,13,15). The molecule has 2 aliphatic heterocycles. The zero-order valence-corrected chi connectivity index (χ0v) is 9.82. The van der Waals surface area contributed by atoms with E-state index in [9.17, 15) is 4.79 Å². The summed E-state index contributed by atoms with van der Waals surface area (Å²) < 4.78 is 5.19. The fraction of sp³-hybridized carbons (Fsp3) is 0.909. The minimum Gasteiger partial charge on any atom is -0.379 e. The summed E-state index contributed by atoms with van der Waals surface area (Å²) in [5, 5.41) is 2.99. The van der Waals surface area contributed by atoms with Crippen LogP contribution in [0.1, 0.15) is 12.8 Å². The molecule has 0 saturated carbocycles. The summed E-state index contributed by atoms with van der Waals surface area (Å²) in [5.74, 6) is -0.114. The van der Waals surface area contributed by atoms with E-state index >= 15 is 0 Å². The number of carbonyl (C=O) groups is 1. The van der Waals surface area contributed by atoms with Gasteiger partial charge in [0.2, 0.25) is 5.91 Å². The second kappa shape index (κ2) is 5.12. The van der Waals surface area contributed by atoms with Crippen molar-refractivity contribution >= 4 is 5.91 Å². The molecule has 2 saturated heterocycles. The quantitative estimate of drug-likeness (QED) is 0.660. The van der Waals surface area contributed by atoms with Gasteiger partial charge in [-0.3, -0.25) is 4.79 Å². The van der Waals surface area contributed by atoms with Crippen molar-refractivity contribution in [1.29, 1.82) is 0 Å². The molecule has 0 bridgehead atoms. The topological polar surface area (TPSA) is 67.6 Å². The number of likely N-dealkylation sites (tertiary alicyclic amines) is 1. The number of ether oxygens (including phenoxy) is 1. The number of likely N-dealkylation sites (N-methyl/N-ethyl adjacent to an activating group) is 1. The van der Waals surface area contributed by atoms with Gasteiger partial charge in [-0.2, -0.15) is 0 Å². The fourth-order valence-electron chi connectivity index (χ4n) is 2.43. The lowest BCUT2D eigenvalue weighted by molar-refractivity contribution is -0.125. The molecule has 1 amide bonds. The molecule has 0 spiro atoms. The lowest BCUT2D eigenvalue weighted by Crippen LogP contribution is -2.45. The third-order valence-corrected chi connectivity index (χ3v) is 3.64. The van der Waals surface area contributed by atoms with Crippen molar-refractivity contribution in [3.63, 3.8) is 0 Å². The molecule has 0 aromatic carbocycles. The third-order valence-electron chi connectivity index (χ3n) is 3.64. The SMILES string of the molecule is CN1CCCC1CNC(=O)C1COCC1N. The number of nitrogens with zero attached hydrogens (tertiary/aromatic N) is 1. The summed E-state index contributed by atoms with van der Waals surface area (Å²) in [5.41, 5.74) is 5.79. The van der Waals surface area contributed by atoms with E-state index < -0.39 is 0 Å². The largest absolute Gasteiger partial charge is 0.379 e. The molecular formula is C11H21N3O2. The highest BCUT2D eigenvalue weighted by atomic mass is 16.5. The third kappa shape index (κ3) is 2.53. The summed E-state index contributed by atoms with van der Waals surface area (Å²) in [6.07, 6.45) is 2.40. The van der Waals surface area contributed by atoms with Crippen LogP contribution in [0, 0.1) is 5.92 Å². The maximum Gasteiger partial charge on any atom is 0.227 e. The number of hydrogen-bond donors (Lipinski definition) is 2. The first kappa shape index (κ1) is 11.8. The molecule has 2 aliphatic rings. The summed E-state index contributed by atoms with van der Waals surface area (Å²) in [4.78, 5) is 14.1. The molecule has 2 fully saturated rings. The molecule has 0 aromatic heterocycles. The summed E-state index contributed by atoms with van der Waals surface area (Å²) in [7, 11) is 2.11. The van der Waals surface area contributed by atoms with Crippen LogP contribution in [0.4, 0.5) is 0 Å². The maximum atomic E-state index is 11.8. The van der Waals surface area contributed by atoms with Crippen molar-refractivity contribution in [2.24, 2.45) is 11.7 Å². The minimum absolute atomic E-state index is 0.0466. The van der Waals surface area contributed by atoms with Crippen molar-refractivity contribution in [2.45, 2.75) is 24.9 Å². The first-order valence-corrected chi connectivity index (χ1v) is 6.00. The highest BCUT2D eigenvalue weighted by Gasteiger charge is 2.32. The van der Waals surface area contributed by atoms with E-state index in [0.29, 0.717) is 19.3 Å². The molecule has 0 aliphatic carbocycles. The Morgan fingerprint density at radius 2 is 2.38 bits per heavy atom. The summed E-state index contributed by atoms with van der Waals surface area (Å²) in [6.45, 7) is 2.83. The highest BCUT2D eigenvalue weighted by Crippen LogP contribution is 2.15. The zero-order chi connectivity index (χ0) is 11.5. The first-order valence-electron chi connectivity index (χ1n) is 6.00. The Labute approximate surface area is 96.3 Å². The second-order valence-corrected chi connectivity index (χ2v) is 4.83. The molecular weight excluding hydrogens is 206 g/mol. The molecule has 5 nitrogen and oxygen atoms in total. The van der Waals surface area contributed by atoms with Crippen molar-refractivity contribution in [1.82, 2.24) is 10.2 Å². The molecule has 3 N–H and O–H groups in total. The van der Waals surface area contributed by atoms with E-state index in [1.165, 1.54) is 12.8 Å². The van der Waals surface area contributed by atoms with Crippen LogP contribution in [0.25, 0.3) is 0 Å². The monoisotopic (exact) mass is 227 g/mol. The Morgan fingerprint density at radius 1 is 1.56 bits per heavy atom. The summed E-state index contributed by atoms with van der Waals surface area (Å²) in [6, 6.07) is 0.351. The van der Waals surface area contributed by atoms with Crippen LogP contribution in [0.3, 0.4) is 0 Å². The van der Waals surface area contributed by atoms with Gasteiger partial charge in [-0.15, -0.1) is 0 Å². The van der Waals surface area contributed by atoms with Crippen LogP contribution in [0.15, 0.2) is 0 Å². The van der Waals surface area contributed by atoms with Gasteiger partial charge in [0.1, 0.15) is 0 Å². The Balaban J connectivity index is 1.75. The van der Waals surface area contributed by atoms with Crippen LogP contribution in [0.5, 0.6) is 0 Å². The van der Waals surface area contributed by atoms with Crippen molar-refractivity contribution in [3.05, 3.63) is 0 Å². The van der Waals surface area contributed by atoms with E-state index in [1.54, 1.807) is 0 Å². The predicted molar refractivity (Wildman–Crippen MR) is 60.9 cm³/mol. The van der Waals surface area contributed by atoms with Gasteiger partial charge in [-0.25, -0.2) is 0 Å². The van der Waals surface area contributed by atoms with Crippen LogP contribution in [0.2, 0.25) is 0 Å². The van der Waals surface area contributed by atoms with E-state index in [0.717, 1.165) is 13.1 Å². The normalized spacial score (nSPS) is 35.5. The molecule has 5 heteroatoms. The summed E-state index contributed by atoms with van der Waals surface area (Å²) >= 11 is 0. The van der Waals surface area contributed by atoms with Crippen LogP contribution >= 0.6 is 0 Å². The highest BCUT2D eigenvalue weighted by molar-refractivity contribution is 5.79. The molecule has 0 radical (unpaired) electrons. The van der Waals surface area contributed by atoms with Gasteiger partial charge >= 0.3 is 0 Å². The average Bonchev–Trinajstić information content (AvgIpc) is 2.84. The van der Waals surface area contributed by atoms with Crippen molar-refractivity contribution < 1.29 is 9.53 Å². The Hall–Kier alpha value is -0.650. The van der Waals surface area contributed by atoms with Gasteiger partial charge in [0.15, 0.2) is 0 Å².